The number of hydrogen-bond acceptors (Lipinski definition) is 8. The average Bonchev–Trinajstić information content (AvgIpc) is 2.68. The maximum absolute atomic E-state index is 11.6. The molecular weight excluding hydrogens is 356 g/mol. The van der Waals surface area contributed by atoms with Gasteiger partial charge in [0.05, 0.1) is 52.9 Å². The SMILES string of the molecule is NCCOCCOCCOCCOCCC(=O)NCCCCC(CO)CO. The van der Waals surface area contributed by atoms with Gasteiger partial charge in [-0.1, -0.05) is 6.42 Å². The predicted octanol–water partition coefficient (Wildman–Crippen LogP) is -0.711. The van der Waals surface area contributed by atoms with Crippen LogP contribution in [0.5, 0.6) is 0 Å². The number of nitrogens with two attached hydrogens (primary N) is 1. The Morgan fingerprint density at radius 1 is 0.815 bits per heavy atom. The number of carbonyl (C=O) groups is 1. The topological polar surface area (TPSA) is 133 Å². The van der Waals surface area contributed by atoms with E-state index in [0.717, 1.165) is 19.3 Å². The highest BCUT2D eigenvalue weighted by molar-refractivity contribution is 5.75. The number of hydrogen-bond donors (Lipinski definition) is 4. The van der Waals surface area contributed by atoms with Crippen LogP contribution in [0.2, 0.25) is 0 Å². The lowest BCUT2D eigenvalue weighted by atomic mass is 10.0. The number of ether oxygens (including phenoxy) is 4. The molecule has 0 aromatic carbocycles. The largest absolute Gasteiger partial charge is 0.396 e. The number of amides is 1. The van der Waals surface area contributed by atoms with Crippen molar-refractivity contribution in [2.45, 2.75) is 25.7 Å². The molecule has 0 unspecified atom stereocenters. The minimum atomic E-state index is -0.0572. The van der Waals surface area contributed by atoms with Gasteiger partial charge >= 0.3 is 0 Å². The van der Waals surface area contributed by atoms with Crippen LogP contribution in [0.25, 0.3) is 0 Å². The molecule has 0 aliphatic heterocycles. The lowest BCUT2D eigenvalue weighted by molar-refractivity contribution is -0.122. The predicted molar refractivity (Wildman–Crippen MR) is 101 cm³/mol. The Morgan fingerprint density at radius 2 is 1.33 bits per heavy atom. The molecule has 0 rings (SSSR count). The molecule has 5 N–H and O–H groups in total. The Labute approximate surface area is 162 Å². The number of carbonyl (C=O) groups excluding carboxylic acids is 1. The molecule has 27 heavy (non-hydrogen) atoms. The molecular formula is C18H38N2O7. The first-order valence-corrected chi connectivity index (χ1v) is 9.74. The molecule has 9 heteroatoms. The van der Waals surface area contributed by atoms with E-state index in [4.69, 9.17) is 34.9 Å². The summed E-state index contributed by atoms with van der Waals surface area (Å²) in [6.45, 7) is 4.99. The van der Waals surface area contributed by atoms with Crippen LogP contribution in [0, 0.1) is 5.92 Å². The first-order chi connectivity index (χ1) is 13.2. The lowest BCUT2D eigenvalue weighted by Crippen LogP contribution is -2.26. The van der Waals surface area contributed by atoms with Gasteiger partial charge in [-0.2, -0.15) is 0 Å². The third-order valence-electron chi connectivity index (χ3n) is 3.73. The van der Waals surface area contributed by atoms with Crippen molar-refractivity contribution in [3.05, 3.63) is 0 Å². The number of aliphatic hydroxyl groups is 2. The van der Waals surface area contributed by atoms with Gasteiger partial charge in [0.2, 0.25) is 5.91 Å². The number of nitrogens with one attached hydrogen (secondary N) is 1. The molecule has 9 nitrogen and oxygen atoms in total. The molecule has 0 fully saturated rings. The normalized spacial score (nSPS) is 11.3. The Bertz CT molecular complexity index is 318. The van der Waals surface area contributed by atoms with Crippen LogP contribution < -0.4 is 11.1 Å². The quantitative estimate of drug-likeness (QED) is 0.188. The van der Waals surface area contributed by atoms with Crippen LogP contribution in [0.15, 0.2) is 0 Å². The van der Waals surface area contributed by atoms with Crippen molar-refractivity contribution in [2.75, 3.05) is 79.2 Å². The Kier molecular flexibility index (Phi) is 20.8. The number of unbranched alkanes of at least 4 members (excludes halogenated alkanes) is 1. The number of aliphatic hydroxyl groups excluding tert-OH is 2. The van der Waals surface area contributed by atoms with Crippen LogP contribution in [-0.2, 0) is 23.7 Å². The zero-order chi connectivity index (χ0) is 20.0. The van der Waals surface area contributed by atoms with Gasteiger partial charge in [-0.3, -0.25) is 4.79 Å². The second-order valence-electron chi connectivity index (χ2n) is 6.07. The van der Waals surface area contributed by atoms with Gasteiger partial charge in [-0.05, 0) is 12.8 Å². The summed E-state index contributed by atoms with van der Waals surface area (Å²) in [5, 5.41) is 20.7. The highest BCUT2D eigenvalue weighted by Crippen LogP contribution is 2.06. The van der Waals surface area contributed by atoms with Crippen LogP contribution in [0.1, 0.15) is 25.7 Å². The van der Waals surface area contributed by atoms with Crippen molar-refractivity contribution in [2.24, 2.45) is 11.7 Å². The van der Waals surface area contributed by atoms with E-state index in [1.165, 1.54) is 0 Å². The van der Waals surface area contributed by atoms with E-state index in [1.807, 2.05) is 0 Å². The molecule has 0 aliphatic carbocycles. The van der Waals surface area contributed by atoms with E-state index in [2.05, 4.69) is 5.32 Å². The van der Waals surface area contributed by atoms with E-state index in [0.29, 0.717) is 72.4 Å². The lowest BCUT2D eigenvalue weighted by Gasteiger charge is -2.10. The van der Waals surface area contributed by atoms with Gasteiger partial charge < -0.3 is 40.2 Å². The molecule has 0 atom stereocenters. The first-order valence-electron chi connectivity index (χ1n) is 9.74. The molecule has 1 amide bonds. The second kappa shape index (κ2) is 21.5. The summed E-state index contributed by atoms with van der Waals surface area (Å²) < 4.78 is 21.2. The molecule has 0 saturated carbocycles. The summed E-state index contributed by atoms with van der Waals surface area (Å²) in [4.78, 5) is 11.6. The minimum Gasteiger partial charge on any atom is -0.396 e. The fraction of sp³-hybridized carbons (Fsp3) is 0.944. The summed E-state index contributed by atoms with van der Waals surface area (Å²) in [5.74, 6) is -0.0970. The van der Waals surface area contributed by atoms with Crippen LogP contribution in [0.3, 0.4) is 0 Å². The molecule has 0 aromatic heterocycles. The monoisotopic (exact) mass is 394 g/mol. The molecule has 0 radical (unpaired) electrons. The molecule has 0 heterocycles. The highest BCUT2D eigenvalue weighted by Gasteiger charge is 2.05. The van der Waals surface area contributed by atoms with E-state index >= 15 is 0 Å². The Hall–Kier alpha value is -0.810. The fourth-order valence-corrected chi connectivity index (χ4v) is 2.12. The zero-order valence-electron chi connectivity index (χ0n) is 16.4. The van der Waals surface area contributed by atoms with Gasteiger partial charge in [-0.25, -0.2) is 0 Å². The van der Waals surface area contributed by atoms with Gasteiger partial charge in [0.25, 0.3) is 0 Å². The summed E-state index contributed by atoms with van der Waals surface area (Å²) in [6.07, 6.45) is 2.78. The molecule has 0 saturated heterocycles. The van der Waals surface area contributed by atoms with E-state index in [-0.39, 0.29) is 25.0 Å². The van der Waals surface area contributed by atoms with E-state index in [1.54, 1.807) is 0 Å². The standard InChI is InChI=1S/C18H38N2O7/c19-5-8-25-10-12-27-14-13-26-11-9-24-7-4-18(23)20-6-2-1-3-17(15-21)16-22/h17,21-22H,1-16,19H2,(H,20,23). The second-order valence-corrected chi connectivity index (χ2v) is 6.07. The van der Waals surface area contributed by atoms with Crippen molar-refractivity contribution in [3.8, 4) is 0 Å². The number of rotatable bonds is 21. The van der Waals surface area contributed by atoms with Crippen molar-refractivity contribution in [1.29, 1.82) is 0 Å². The van der Waals surface area contributed by atoms with Crippen molar-refractivity contribution >= 4 is 5.91 Å². The van der Waals surface area contributed by atoms with Crippen LogP contribution in [-0.4, -0.2) is 95.3 Å². The molecule has 0 spiro atoms. The summed E-state index contributed by atoms with van der Waals surface area (Å²) in [5.41, 5.74) is 5.29. The summed E-state index contributed by atoms with van der Waals surface area (Å²) in [6, 6.07) is 0. The maximum atomic E-state index is 11.6. The first kappa shape index (κ1) is 26.2. The van der Waals surface area contributed by atoms with E-state index in [9.17, 15) is 4.79 Å². The van der Waals surface area contributed by atoms with Gasteiger partial charge in [-0.15, -0.1) is 0 Å². The maximum Gasteiger partial charge on any atom is 0.222 e. The minimum absolute atomic E-state index is 0.00112. The Balaban J connectivity index is 3.21. The molecule has 0 bridgehead atoms. The average molecular weight is 395 g/mol. The van der Waals surface area contributed by atoms with Crippen molar-refractivity contribution in [3.63, 3.8) is 0 Å². The van der Waals surface area contributed by atoms with Crippen molar-refractivity contribution < 1.29 is 34.0 Å². The summed E-state index contributed by atoms with van der Waals surface area (Å²) in [7, 11) is 0. The zero-order valence-corrected chi connectivity index (χ0v) is 16.4. The Morgan fingerprint density at radius 3 is 1.85 bits per heavy atom. The third kappa shape index (κ3) is 19.7. The fourth-order valence-electron chi connectivity index (χ4n) is 2.12. The molecule has 162 valence electrons. The van der Waals surface area contributed by atoms with Gasteiger partial charge in [0.1, 0.15) is 0 Å². The van der Waals surface area contributed by atoms with Crippen LogP contribution >= 0.6 is 0 Å². The summed E-state index contributed by atoms with van der Waals surface area (Å²) >= 11 is 0. The molecule has 0 aliphatic rings. The smallest absolute Gasteiger partial charge is 0.222 e. The van der Waals surface area contributed by atoms with Gasteiger partial charge in [0, 0.05) is 38.6 Å². The highest BCUT2D eigenvalue weighted by atomic mass is 16.6. The van der Waals surface area contributed by atoms with Crippen molar-refractivity contribution in [1.82, 2.24) is 5.32 Å². The third-order valence-corrected chi connectivity index (χ3v) is 3.73. The van der Waals surface area contributed by atoms with Gasteiger partial charge in [0.15, 0.2) is 0 Å². The van der Waals surface area contributed by atoms with E-state index < -0.39 is 0 Å². The van der Waals surface area contributed by atoms with Crippen LogP contribution in [0.4, 0.5) is 0 Å². The molecule has 0 aromatic rings.